The number of carboxylic acids is 1. The molecular weight excluding hydrogens is 372 g/mol. The van der Waals surface area contributed by atoms with E-state index in [1.807, 2.05) is 17.5 Å². The van der Waals surface area contributed by atoms with Crippen LogP contribution >= 0.6 is 23.1 Å². The summed E-state index contributed by atoms with van der Waals surface area (Å²) in [7, 11) is 0. The molecule has 0 aliphatic heterocycles. The number of carbonyl (C=O) groups excluding carboxylic acids is 2. The molecule has 8 heteroatoms. The summed E-state index contributed by atoms with van der Waals surface area (Å²) in [5.41, 5.74) is 0.917. The Morgan fingerprint density at radius 3 is 2.38 bits per heavy atom. The Labute approximate surface area is 160 Å². The minimum absolute atomic E-state index is 0.133. The first-order valence-electron chi connectivity index (χ1n) is 7.96. The maximum Gasteiger partial charge on any atom is 0.326 e. The van der Waals surface area contributed by atoms with Gasteiger partial charge in [-0.05, 0) is 41.6 Å². The zero-order chi connectivity index (χ0) is 19.1. The van der Waals surface area contributed by atoms with Gasteiger partial charge in [-0.15, -0.1) is 23.1 Å². The van der Waals surface area contributed by atoms with Crippen LogP contribution in [-0.2, 0) is 9.59 Å². The summed E-state index contributed by atoms with van der Waals surface area (Å²) in [6, 6.07) is 9.28. The fraction of sp³-hybridized carbons (Fsp3) is 0.278. The molecule has 0 fully saturated rings. The van der Waals surface area contributed by atoms with Gasteiger partial charge >= 0.3 is 5.97 Å². The molecule has 2 aromatic rings. The highest BCUT2D eigenvalue weighted by atomic mass is 32.2. The van der Waals surface area contributed by atoms with Gasteiger partial charge in [0.1, 0.15) is 6.04 Å². The number of anilines is 1. The summed E-state index contributed by atoms with van der Waals surface area (Å²) in [5, 5.41) is 16.4. The first kappa shape index (κ1) is 20.0. The van der Waals surface area contributed by atoms with Crippen LogP contribution in [0.3, 0.4) is 0 Å². The minimum Gasteiger partial charge on any atom is -0.480 e. The Hall–Kier alpha value is -2.32. The maximum absolute atomic E-state index is 12.2. The molecule has 6 nitrogen and oxygen atoms in total. The first-order chi connectivity index (χ1) is 12.4. The van der Waals surface area contributed by atoms with Crippen molar-refractivity contribution >= 4 is 46.6 Å². The van der Waals surface area contributed by atoms with Crippen LogP contribution in [0.1, 0.15) is 24.2 Å². The SMILES string of the molecule is CC(C)[C@H](NC(=O)c1ccc(NC(=O)CSc2cccs2)cc1)C(=O)O. The van der Waals surface area contributed by atoms with Crippen LogP contribution < -0.4 is 10.6 Å². The summed E-state index contributed by atoms with van der Waals surface area (Å²) < 4.78 is 1.07. The van der Waals surface area contributed by atoms with Crippen molar-refractivity contribution in [2.24, 2.45) is 5.92 Å². The molecule has 1 aromatic heterocycles. The molecule has 2 rings (SSSR count). The number of thiophene rings is 1. The predicted molar refractivity (Wildman–Crippen MR) is 104 cm³/mol. The lowest BCUT2D eigenvalue weighted by molar-refractivity contribution is -0.140. The van der Waals surface area contributed by atoms with Gasteiger partial charge < -0.3 is 15.7 Å². The number of aliphatic carboxylic acids is 1. The molecule has 26 heavy (non-hydrogen) atoms. The predicted octanol–water partition coefficient (Wildman–Crippen LogP) is 3.32. The second-order valence-electron chi connectivity index (χ2n) is 5.88. The zero-order valence-corrected chi connectivity index (χ0v) is 16.0. The lowest BCUT2D eigenvalue weighted by Gasteiger charge is -2.18. The second kappa shape index (κ2) is 9.40. The first-order valence-corrected chi connectivity index (χ1v) is 9.83. The van der Waals surface area contributed by atoms with Crippen LogP contribution in [0.5, 0.6) is 0 Å². The van der Waals surface area contributed by atoms with E-state index >= 15 is 0 Å². The molecule has 0 bridgehead atoms. The van der Waals surface area contributed by atoms with Crippen LogP contribution in [0, 0.1) is 5.92 Å². The lowest BCUT2D eigenvalue weighted by atomic mass is 10.0. The van der Waals surface area contributed by atoms with E-state index in [1.165, 1.54) is 11.8 Å². The molecule has 1 aromatic carbocycles. The van der Waals surface area contributed by atoms with Crippen molar-refractivity contribution < 1.29 is 19.5 Å². The molecule has 0 saturated carbocycles. The van der Waals surface area contributed by atoms with Crippen molar-refractivity contribution in [3.63, 3.8) is 0 Å². The van der Waals surface area contributed by atoms with Crippen LogP contribution in [0.4, 0.5) is 5.69 Å². The Morgan fingerprint density at radius 2 is 1.85 bits per heavy atom. The van der Waals surface area contributed by atoms with Gasteiger partial charge in [-0.2, -0.15) is 0 Å². The largest absolute Gasteiger partial charge is 0.480 e. The lowest BCUT2D eigenvalue weighted by Crippen LogP contribution is -2.44. The van der Waals surface area contributed by atoms with Gasteiger partial charge in [0.2, 0.25) is 5.91 Å². The van der Waals surface area contributed by atoms with E-state index in [9.17, 15) is 14.4 Å². The van der Waals surface area contributed by atoms with Gasteiger partial charge in [0, 0.05) is 11.3 Å². The number of carboxylic acid groups (broad SMARTS) is 1. The highest BCUT2D eigenvalue weighted by molar-refractivity contribution is 8.01. The monoisotopic (exact) mass is 392 g/mol. The third-order valence-electron chi connectivity index (χ3n) is 3.49. The fourth-order valence-corrected chi connectivity index (χ4v) is 3.71. The molecule has 1 heterocycles. The number of thioether (sulfide) groups is 1. The second-order valence-corrected chi connectivity index (χ2v) is 8.10. The maximum atomic E-state index is 12.2. The van der Waals surface area contributed by atoms with E-state index in [0.29, 0.717) is 17.0 Å². The normalized spacial score (nSPS) is 11.8. The van der Waals surface area contributed by atoms with E-state index in [-0.39, 0.29) is 11.8 Å². The third kappa shape index (κ3) is 5.89. The van der Waals surface area contributed by atoms with E-state index < -0.39 is 17.9 Å². The number of hydrogen-bond donors (Lipinski definition) is 3. The molecule has 138 valence electrons. The fourth-order valence-electron chi connectivity index (χ4n) is 2.12. The molecule has 1 atom stereocenters. The molecule has 0 radical (unpaired) electrons. The van der Waals surface area contributed by atoms with Gasteiger partial charge in [-0.25, -0.2) is 4.79 Å². The van der Waals surface area contributed by atoms with Gasteiger partial charge in [0.15, 0.2) is 0 Å². The summed E-state index contributed by atoms with van der Waals surface area (Å²) in [6.45, 7) is 3.46. The Morgan fingerprint density at radius 1 is 1.15 bits per heavy atom. The van der Waals surface area contributed by atoms with Crippen molar-refractivity contribution in [3.8, 4) is 0 Å². The Kier molecular flexibility index (Phi) is 7.23. The van der Waals surface area contributed by atoms with Crippen LogP contribution in [0.2, 0.25) is 0 Å². The van der Waals surface area contributed by atoms with E-state index in [2.05, 4.69) is 10.6 Å². The minimum atomic E-state index is -1.07. The van der Waals surface area contributed by atoms with Gasteiger partial charge in [0.05, 0.1) is 9.96 Å². The summed E-state index contributed by atoms with van der Waals surface area (Å²) in [5.74, 6) is -1.59. The van der Waals surface area contributed by atoms with E-state index in [0.717, 1.165) is 4.21 Å². The van der Waals surface area contributed by atoms with Crippen molar-refractivity contribution in [1.29, 1.82) is 0 Å². The van der Waals surface area contributed by atoms with E-state index in [4.69, 9.17) is 5.11 Å². The Balaban J connectivity index is 1.89. The highest BCUT2D eigenvalue weighted by Crippen LogP contribution is 2.23. The number of benzene rings is 1. The average Bonchev–Trinajstić information content (AvgIpc) is 3.11. The molecular formula is C18H20N2O4S2. The van der Waals surface area contributed by atoms with Crippen LogP contribution in [0.15, 0.2) is 46.0 Å². The van der Waals surface area contributed by atoms with Gasteiger partial charge in [-0.1, -0.05) is 19.9 Å². The summed E-state index contributed by atoms with van der Waals surface area (Å²) in [4.78, 5) is 35.3. The number of nitrogens with one attached hydrogen (secondary N) is 2. The highest BCUT2D eigenvalue weighted by Gasteiger charge is 2.23. The number of carbonyl (C=O) groups is 3. The van der Waals surface area contributed by atoms with Crippen molar-refractivity contribution in [3.05, 3.63) is 47.3 Å². The molecule has 0 unspecified atom stereocenters. The summed E-state index contributed by atoms with van der Waals surface area (Å²) >= 11 is 3.04. The number of amides is 2. The number of hydrogen-bond acceptors (Lipinski definition) is 5. The smallest absolute Gasteiger partial charge is 0.326 e. The molecule has 0 saturated heterocycles. The summed E-state index contributed by atoms with van der Waals surface area (Å²) in [6.07, 6.45) is 0. The number of rotatable bonds is 8. The van der Waals surface area contributed by atoms with E-state index in [1.54, 1.807) is 49.4 Å². The van der Waals surface area contributed by atoms with Crippen LogP contribution in [-0.4, -0.2) is 34.7 Å². The third-order valence-corrected chi connectivity index (χ3v) is 5.62. The molecule has 3 N–H and O–H groups in total. The average molecular weight is 393 g/mol. The molecule has 2 amide bonds. The topological polar surface area (TPSA) is 95.5 Å². The van der Waals surface area contributed by atoms with Gasteiger partial charge in [0.25, 0.3) is 5.91 Å². The van der Waals surface area contributed by atoms with Crippen molar-refractivity contribution in [2.75, 3.05) is 11.1 Å². The molecule has 0 spiro atoms. The molecule has 0 aliphatic carbocycles. The quantitative estimate of drug-likeness (QED) is 0.599. The van der Waals surface area contributed by atoms with Crippen molar-refractivity contribution in [2.45, 2.75) is 24.1 Å². The standard InChI is InChI=1S/C18H20N2O4S2/c1-11(2)16(18(23)24)20-17(22)12-5-7-13(8-6-12)19-14(21)10-26-15-4-3-9-25-15/h3-9,11,16H,10H2,1-2H3,(H,19,21)(H,20,22)(H,23,24)/t16-/m0/s1. The zero-order valence-electron chi connectivity index (χ0n) is 14.4. The molecule has 0 aliphatic rings. The van der Waals surface area contributed by atoms with Crippen molar-refractivity contribution in [1.82, 2.24) is 5.32 Å². The Bertz CT molecular complexity index is 758. The van der Waals surface area contributed by atoms with Crippen LogP contribution in [0.25, 0.3) is 0 Å². The van der Waals surface area contributed by atoms with Gasteiger partial charge in [-0.3, -0.25) is 9.59 Å².